The molecule has 1 aliphatic heterocycles. The monoisotopic (exact) mass is 274 g/mol. The average Bonchev–Trinajstić information content (AvgIpc) is 3.32. The van der Waals surface area contributed by atoms with Crippen molar-refractivity contribution in [1.82, 2.24) is 10.2 Å². The van der Waals surface area contributed by atoms with E-state index in [9.17, 15) is 4.79 Å². The molecule has 0 bridgehead atoms. The van der Waals surface area contributed by atoms with E-state index in [1.54, 1.807) is 0 Å². The largest absolute Gasteiger partial charge is 0.445 e. The highest BCUT2D eigenvalue weighted by Gasteiger charge is 2.38. The number of nitrogens with one attached hydrogen (secondary N) is 1. The van der Waals surface area contributed by atoms with Crippen molar-refractivity contribution in [1.29, 1.82) is 0 Å². The van der Waals surface area contributed by atoms with Crippen molar-refractivity contribution in [2.75, 3.05) is 13.1 Å². The molecule has 1 saturated heterocycles. The first-order valence-electron chi connectivity index (χ1n) is 7.54. The summed E-state index contributed by atoms with van der Waals surface area (Å²) in [4.78, 5) is 14.4. The summed E-state index contributed by atoms with van der Waals surface area (Å²) in [6, 6.07) is 10.6. The van der Waals surface area contributed by atoms with E-state index in [4.69, 9.17) is 4.74 Å². The van der Waals surface area contributed by atoms with E-state index in [2.05, 4.69) is 5.32 Å². The maximum absolute atomic E-state index is 12.4. The molecule has 1 saturated carbocycles. The summed E-state index contributed by atoms with van der Waals surface area (Å²) in [7, 11) is 0. The Morgan fingerprint density at radius 2 is 2.00 bits per heavy atom. The molecule has 20 heavy (non-hydrogen) atoms. The van der Waals surface area contributed by atoms with Crippen molar-refractivity contribution >= 4 is 6.09 Å². The molecule has 0 spiro atoms. The number of piperidine rings is 1. The molecular formula is C16H22N2O2. The number of hydrogen-bond donors (Lipinski definition) is 1. The van der Waals surface area contributed by atoms with E-state index in [0.717, 1.165) is 44.3 Å². The predicted octanol–water partition coefficient (Wildman–Crippen LogP) is 2.54. The molecule has 2 aliphatic rings. The number of rotatable bonds is 4. The fourth-order valence-electron chi connectivity index (χ4n) is 2.81. The molecule has 4 nitrogen and oxygen atoms in total. The van der Waals surface area contributed by atoms with Crippen LogP contribution in [0.1, 0.15) is 31.2 Å². The molecule has 1 amide bonds. The van der Waals surface area contributed by atoms with Crippen LogP contribution in [0.5, 0.6) is 0 Å². The maximum atomic E-state index is 12.4. The lowest BCUT2D eigenvalue weighted by Gasteiger charge is -2.34. The molecule has 2 fully saturated rings. The van der Waals surface area contributed by atoms with Crippen molar-refractivity contribution in [3.05, 3.63) is 35.9 Å². The number of ether oxygens (including phenoxy) is 1. The normalized spacial score (nSPS) is 22.3. The summed E-state index contributed by atoms with van der Waals surface area (Å²) in [6.45, 7) is 2.33. The third-order valence-corrected chi connectivity index (χ3v) is 4.02. The molecule has 0 radical (unpaired) electrons. The lowest BCUT2D eigenvalue weighted by molar-refractivity contribution is 0.0711. The first kappa shape index (κ1) is 13.4. The summed E-state index contributed by atoms with van der Waals surface area (Å²) < 4.78 is 5.50. The minimum atomic E-state index is -0.148. The fraction of sp³-hybridized carbons (Fsp3) is 0.562. The quantitative estimate of drug-likeness (QED) is 0.917. The van der Waals surface area contributed by atoms with Crippen LogP contribution < -0.4 is 5.32 Å². The summed E-state index contributed by atoms with van der Waals surface area (Å²) in [5.41, 5.74) is 1.04. The number of benzene rings is 1. The van der Waals surface area contributed by atoms with Crippen LogP contribution in [0.2, 0.25) is 0 Å². The molecule has 0 unspecified atom stereocenters. The Bertz CT molecular complexity index is 439. The Hall–Kier alpha value is -1.55. The van der Waals surface area contributed by atoms with E-state index < -0.39 is 0 Å². The van der Waals surface area contributed by atoms with E-state index >= 15 is 0 Å². The first-order valence-corrected chi connectivity index (χ1v) is 7.54. The van der Waals surface area contributed by atoms with Crippen molar-refractivity contribution in [2.24, 2.45) is 0 Å². The van der Waals surface area contributed by atoms with Gasteiger partial charge in [0.1, 0.15) is 6.61 Å². The molecule has 3 rings (SSSR count). The van der Waals surface area contributed by atoms with Gasteiger partial charge in [0.15, 0.2) is 0 Å². The van der Waals surface area contributed by atoms with Crippen LogP contribution in [0.4, 0.5) is 4.79 Å². The van der Waals surface area contributed by atoms with Gasteiger partial charge in [-0.15, -0.1) is 0 Å². The second kappa shape index (κ2) is 6.27. The summed E-state index contributed by atoms with van der Waals surface area (Å²) in [5, 5.41) is 3.38. The molecule has 1 atom stereocenters. The fourth-order valence-corrected chi connectivity index (χ4v) is 2.81. The van der Waals surface area contributed by atoms with E-state index in [-0.39, 0.29) is 6.09 Å². The Morgan fingerprint density at radius 3 is 2.65 bits per heavy atom. The molecule has 1 aliphatic carbocycles. The number of hydrogen-bond acceptors (Lipinski definition) is 3. The van der Waals surface area contributed by atoms with Crippen LogP contribution in [0.25, 0.3) is 0 Å². The number of nitrogens with zero attached hydrogens (tertiary/aromatic N) is 1. The van der Waals surface area contributed by atoms with Crippen molar-refractivity contribution in [2.45, 2.75) is 44.4 Å². The van der Waals surface area contributed by atoms with Gasteiger partial charge in [-0.05, 0) is 37.8 Å². The average molecular weight is 274 g/mol. The Morgan fingerprint density at radius 1 is 1.20 bits per heavy atom. The number of amides is 1. The van der Waals surface area contributed by atoms with Gasteiger partial charge in [-0.2, -0.15) is 0 Å². The first-order chi connectivity index (χ1) is 9.84. The van der Waals surface area contributed by atoms with Crippen LogP contribution in [0.3, 0.4) is 0 Å². The third-order valence-electron chi connectivity index (χ3n) is 4.02. The van der Waals surface area contributed by atoms with Crippen LogP contribution >= 0.6 is 0 Å². The zero-order valence-electron chi connectivity index (χ0n) is 11.8. The van der Waals surface area contributed by atoms with Crippen LogP contribution in [-0.2, 0) is 11.3 Å². The second-order valence-electron chi connectivity index (χ2n) is 5.68. The van der Waals surface area contributed by atoms with Crippen LogP contribution in [0.15, 0.2) is 30.3 Å². The van der Waals surface area contributed by atoms with Gasteiger partial charge in [0, 0.05) is 18.6 Å². The van der Waals surface area contributed by atoms with Crippen LogP contribution in [0, 0.1) is 0 Å². The highest BCUT2D eigenvalue weighted by atomic mass is 16.6. The molecule has 0 aromatic heterocycles. The van der Waals surface area contributed by atoms with Crippen molar-refractivity contribution in [3.8, 4) is 0 Å². The number of carbonyl (C=O) groups excluding carboxylic acids is 1. The van der Waals surface area contributed by atoms with Gasteiger partial charge < -0.3 is 15.0 Å². The molecule has 1 aromatic rings. The van der Waals surface area contributed by atoms with Gasteiger partial charge in [0.2, 0.25) is 0 Å². The van der Waals surface area contributed by atoms with E-state index in [0.29, 0.717) is 18.7 Å². The summed E-state index contributed by atoms with van der Waals surface area (Å²) in [6.07, 6.45) is 4.32. The van der Waals surface area contributed by atoms with Gasteiger partial charge in [0.25, 0.3) is 0 Å². The molecular weight excluding hydrogens is 252 g/mol. The van der Waals surface area contributed by atoms with E-state index in [1.165, 1.54) is 0 Å². The zero-order valence-corrected chi connectivity index (χ0v) is 11.8. The molecule has 4 heteroatoms. The Labute approximate surface area is 120 Å². The maximum Gasteiger partial charge on any atom is 0.410 e. The topological polar surface area (TPSA) is 41.6 Å². The van der Waals surface area contributed by atoms with Crippen molar-refractivity contribution < 1.29 is 9.53 Å². The Kier molecular flexibility index (Phi) is 4.21. The van der Waals surface area contributed by atoms with Gasteiger partial charge in [0.05, 0.1) is 0 Å². The van der Waals surface area contributed by atoms with Gasteiger partial charge in [-0.3, -0.25) is 0 Å². The molecule has 1 N–H and O–H groups in total. The molecule has 1 aromatic carbocycles. The Balaban J connectivity index is 1.58. The molecule has 1 heterocycles. The van der Waals surface area contributed by atoms with Gasteiger partial charge in [-0.1, -0.05) is 30.3 Å². The standard InChI is InChI=1S/C16H22N2O2/c19-16(20-12-13-5-2-1-3-6-13)18(14-8-9-14)15-7-4-10-17-11-15/h1-3,5-6,14-15,17H,4,7-12H2/t15-/m0/s1. The van der Waals surface area contributed by atoms with Gasteiger partial charge >= 0.3 is 6.09 Å². The minimum Gasteiger partial charge on any atom is -0.445 e. The smallest absolute Gasteiger partial charge is 0.410 e. The minimum absolute atomic E-state index is 0.148. The summed E-state index contributed by atoms with van der Waals surface area (Å²) in [5.74, 6) is 0. The lowest BCUT2D eigenvalue weighted by atomic mass is 10.1. The number of carbonyl (C=O) groups is 1. The predicted molar refractivity (Wildman–Crippen MR) is 77.4 cm³/mol. The highest BCUT2D eigenvalue weighted by molar-refractivity contribution is 5.69. The van der Waals surface area contributed by atoms with Crippen LogP contribution in [-0.4, -0.2) is 36.2 Å². The molecule has 108 valence electrons. The van der Waals surface area contributed by atoms with Crippen molar-refractivity contribution in [3.63, 3.8) is 0 Å². The third kappa shape index (κ3) is 3.31. The highest BCUT2D eigenvalue weighted by Crippen LogP contribution is 2.31. The second-order valence-corrected chi connectivity index (χ2v) is 5.68. The zero-order chi connectivity index (χ0) is 13.8. The summed E-state index contributed by atoms with van der Waals surface area (Å²) >= 11 is 0. The van der Waals surface area contributed by atoms with Gasteiger partial charge in [-0.25, -0.2) is 4.79 Å². The lowest BCUT2D eigenvalue weighted by Crippen LogP contribution is -2.49. The van der Waals surface area contributed by atoms with E-state index in [1.807, 2.05) is 35.2 Å². The SMILES string of the molecule is O=C(OCc1ccccc1)N(C1CC1)[C@H]1CCCNC1.